The molecule has 0 spiro atoms. The minimum atomic E-state index is -0.763. The number of fused-ring (bicyclic) bond motifs is 1. The van der Waals surface area contributed by atoms with Gasteiger partial charge >= 0.3 is 11.6 Å². The van der Waals surface area contributed by atoms with Crippen LogP contribution in [0.1, 0.15) is 41.5 Å². The summed E-state index contributed by atoms with van der Waals surface area (Å²) in [7, 11) is 0. The highest BCUT2D eigenvalue weighted by molar-refractivity contribution is 5.97. The van der Waals surface area contributed by atoms with Crippen molar-refractivity contribution in [3.05, 3.63) is 70.1 Å². The number of hydrogen-bond acceptors (Lipinski definition) is 6. The molecule has 3 aromatic rings. The number of benzene rings is 2. The number of carbonyl (C=O) groups is 2. The summed E-state index contributed by atoms with van der Waals surface area (Å²) in [4.78, 5) is 36.8. The van der Waals surface area contributed by atoms with E-state index in [1.807, 2.05) is 6.92 Å². The minimum Gasteiger partial charge on any atom is -0.493 e. The van der Waals surface area contributed by atoms with Crippen molar-refractivity contribution in [1.82, 2.24) is 5.32 Å². The Balaban J connectivity index is 1.88. The summed E-state index contributed by atoms with van der Waals surface area (Å²) in [6, 6.07) is 12.7. The number of amides is 1. The largest absolute Gasteiger partial charge is 0.493 e. The van der Waals surface area contributed by atoms with E-state index in [2.05, 4.69) is 5.32 Å². The Kier molecular flexibility index (Phi) is 5.97. The Labute approximate surface area is 167 Å². The van der Waals surface area contributed by atoms with Crippen molar-refractivity contribution in [2.45, 2.75) is 26.8 Å². The van der Waals surface area contributed by atoms with Gasteiger partial charge in [-0.2, -0.15) is 0 Å². The fourth-order valence-corrected chi connectivity index (χ4v) is 2.73. The fraction of sp³-hybridized carbons (Fsp3) is 0.227. The minimum absolute atomic E-state index is 0.0819. The molecule has 0 fully saturated rings. The second-order valence-corrected chi connectivity index (χ2v) is 6.59. The third-order valence-corrected chi connectivity index (χ3v) is 3.99. The van der Waals surface area contributed by atoms with Crippen molar-refractivity contribution in [2.24, 2.45) is 0 Å². The van der Waals surface area contributed by atoms with Gasteiger partial charge in [-0.05, 0) is 51.1 Å². The molecule has 0 aliphatic carbocycles. The van der Waals surface area contributed by atoms with Crippen LogP contribution in [0.25, 0.3) is 11.0 Å². The van der Waals surface area contributed by atoms with E-state index in [0.717, 1.165) is 0 Å². The van der Waals surface area contributed by atoms with E-state index in [-0.39, 0.29) is 28.5 Å². The maximum atomic E-state index is 12.5. The summed E-state index contributed by atoms with van der Waals surface area (Å²) in [5.74, 6) is -0.466. The molecule has 7 heteroatoms. The van der Waals surface area contributed by atoms with Gasteiger partial charge in [0.15, 0.2) is 0 Å². The second-order valence-electron chi connectivity index (χ2n) is 6.59. The molecule has 7 nitrogen and oxygen atoms in total. The Bertz CT molecular complexity index is 1120. The van der Waals surface area contributed by atoms with Crippen LogP contribution in [0.15, 0.2) is 57.7 Å². The molecule has 0 saturated heterocycles. The predicted molar refractivity (Wildman–Crippen MR) is 108 cm³/mol. The highest BCUT2D eigenvalue weighted by atomic mass is 16.5. The average molecular weight is 395 g/mol. The van der Waals surface area contributed by atoms with E-state index in [1.165, 1.54) is 12.1 Å². The van der Waals surface area contributed by atoms with Crippen LogP contribution in [0, 0.1) is 0 Å². The topological polar surface area (TPSA) is 94.8 Å². The van der Waals surface area contributed by atoms with Gasteiger partial charge in [-0.1, -0.05) is 12.1 Å². The number of nitrogens with one attached hydrogen (secondary N) is 1. The molecular weight excluding hydrogens is 374 g/mol. The zero-order valence-corrected chi connectivity index (χ0v) is 16.4. The molecule has 3 rings (SSSR count). The van der Waals surface area contributed by atoms with Crippen LogP contribution >= 0.6 is 0 Å². The van der Waals surface area contributed by atoms with Crippen molar-refractivity contribution in [2.75, 3.05) is 6.61 Å². The first-order valence-electron chi connectivity index (χ1n) is 9.21. The van der Waals surface area contributed by atoms with Crippen molar-refractivity contribution in [1.29, 1.82) is 0 Å². The van der Waals surface area contributed by atoms with Gasteiger partial charge in [-0.15, -0.1) is 0 Å². The monoisotopic (exact) mass is 395 g/mol. The lowest BCUT2D eigenvalue weighted by molar-refractivity contribution is 0.0730. The van der Waals surface area contributed by atoms with Gasteiger partial charge in [-0.3, -0.25) is 4.79 Å². The van der Waals surface area contributed by atoms with Crippen LogP contribution in [0.2, 0.25) is 0 Å². The van der Waals surface area contributed by atoms with Gasteiger partial charge < -0.3 is 19.2 Å². The molecule has 1 N–H and O–H groups in total. The second kappa shape index (κ2) is 8.60. The Morgan fingerprint density at radius 3 is 2.55 bits per heavy atom. The lowest BCUT2D eigenvalue weighted by Crippen LogP contribution is -2.33. The lowest BCUT2D eigenvalue weighted by Gasteiger charge is -2.10. The van der Waals surface area contributed by atoms with E-state index in [0.29, 0.717) is 17.7 Å². The highest BCUT2D eigenvalue weighted by Gasteiger charge is 2.17. The summed E-state index contributed by atoms with van der Waals surface area (Å²) in [5, 5.41) is 3.19. The number of para-hydroxylation sites is 1. The molecule has 0 aliphatic rings. The van der Waals surface area contributed by atoms with E-state index >= 15 is 0 Å². The summed E-state index contributed by atoms with van der Waals surface area (Å²) >= 11 is 0. The van der Waals surface area contributed by atoms with Gasteiger partial charge in [0.2, 0.25) is 0 Å². The molecule has 0 saturated carbocycles. The molecule has 150 valence electrons. The molecule has 29 heavy (non-hydrogen) atoms. The van der Waals surface area contributed by atoms with Crippen molar-refractivity contribution in [3.63, 3.8) is 0 Å². The predicted octanol–water partition coefficient (Wildman–Crippen LogP) is 3.55. The smallest absolute Gasteiger partial charge is 0.349 e. The van der Waals surface area contributed by atoms with Crippen LogP contribution in [0.3, 0.4) is 0 Å². The lowest BCUT2D eigenvalue weighted by atomic mass is 10.1. The Hall–Kier alpha value is -3.61. The third kappa shape index (κ3) is 4.63. The normalized spacial score (nSPS) is 10.8. The molecule has 0 radical (unpaired) electrons. The molecule has 1 heterocycles. The molecule has 1 amide bonds. The summed E-state index contributed by atoms with van der Waals surface area (Å²) in [5.41, 5.74) is -0.349. The summed E-state index contributed by atoms with van der Waals surface area (Å²) in [6.45, 7) is 5.83. The van der Waals surface area contributed by atoms with E-state index in [9.17, 15) is 14.4 Å². The Morgan fingerprint density at radius 1 is 1.07 bits per heavy atom. The van der Waals surface area contributed by atoms with Crippen LogP contribution < -0.4 is 20.4 Å². The molecule has 0 unspecified atom stereocenters. The highest BCUT2D eigenvalue weighted by Crippen LogP contribution is 2.24. The zero-order valence-electron chi connectivity index (χ0n) is 16.4. The summed E-state index contributed by atoms with van der Waals surface area (Å²) < 4.78 is 16.1. The van der Waals surface area contributed by atoms with Crippen LogP contribution in [0.4, 0.5) is 0 Å². The van der Waals surface area contributed by atoms with Gasteiger partial charge in [-0.25, -0.2) is 9.59 Å². The first kappa shape index (κ1) is 20.1. The van der Waals surface area contributed by atoms with E-state index in [1.54, 1.807) is 50.2 Å². The number of esters is 1. The Morgan fingerprint density at radius 2 is 1.83 bits per heavy atom. The molecule has 0 aliphatic heterocycles. The van der Waals surface area contributed by atoms with E-state index < -0.39 is 17.5 Å². The molecule has 0 bridgehead atoms. The molecule has 1 aromatic heterocycles. The first-order chi connectivity index (χ1) is 13.9. The van der Waals surface area contributed by atoms with Crippen molar-refractivity contribution < 1.29 is 23.5 Å². The van der Waals surface area contributed by atoms with Gasteiger partial charge in [0.1, 0.15) is 28.2 Å². The summed E-state index contributed by atoms with van der Waals surface area (Å²) in [6.07, 6.45) is 0. The zero-order chi connectivity index (χ0) is 21.0. The number of rotatable bonds is 6. The molecular formula is C22H21NO6. The maximum Gasteiger partial charge on any atom is 0.349 e. The van der Waals surface area contributed by atoms with Crippen LogP contribution in [0.5, 0.6) is 11.5 Å². The molecule has 0 atom stereocenters. The average Bonchev–Trinajstić information content (AvgIpc) is 2.67. The first-order valence-corrected chi connectivity index (χ1v) is 9.21. The van der Waals surface area contributed by atoms with Crippen molar-refractivity contribution in [3.8, 4) is 11.5 Å². The van der Waals surface area contributed by atoms with Gasteiger partial charge in [0.05, 0.1) is 6.61 Å². The SMILES string of the molecule is CCOc1ccccc1C(=O)Oc1ccc2cc(C(=O)NC(C)C)c(=O)oc2c1. The maximum absolute atomic E-state index is 12.5. The fourth-order valence-electron chi connectivity index (χ4n) is 2.73. The quantitative estimate of drug-likeness (QED) is 0.390. The van der Waals surface area contributed by atoms with Gasteiger partial charge in [0.25, 0.3) is 5.91 Å². The third-order valence-electron chi connectivity index (χ3n) is 3.99. The number of hydrogen-bond donors (Lipinski definition) is 1. The van der Waals surface area contributed by atoms with Crippen LogP contribution in [-0.4, -0.2) is 24.5 Å². The van der Waals surface area contributed by atoms with Crippen LogP contribution in [-0.2, 0) is 0 Å². The number of carbonyl (C=O) groups excluding carboxylic acids is 2. The standard InChI is InChI=1S/C22H21NO6/c1-4-27-18-8-6-5-7-16(18)21(25)28-15-10-9-14-11-17(20(24)23-13(2)3)22(26)29-19(14)12-15/h5-13H,4H2,1-3H3,(H,23,24). The number of ether oxygens (including phenoxy) is 2. The van der Waals surface area contributed by atoms with E-state index in [4.69, 9.17) is 13.9 Å². The molecule has 2 aromatic carbocycles. The van der Waals surface area contributed by atoms with Gasteiger partial charge in [0, 0.05) is 17.5 Å². The van der Waals surface area contributed by atoms with Crippen molar-refractivity contribution >= 4 is 22.8 Å².